The van der Waals surface area contributed by atoms with Crippen molar-refractivity contribution in [2.45, 2.75) is 51.5 Å². The number of rotatable bonds is 8. The molecule has 0 radical (unpaired) electrons. The highest BCUT2D eigenvalue weighted by Gasteiger charge is 2.29. The Labute approximate surface area is 120 Å². The maximum Gasteiger partial charge on any atom is 0.326 e. The molecule has 3 N–H and O–H groups in total. The highest BCUT2D eigenvalue weighted by molar-refractivity contribution is 5.82. The van der Waals surface area contributed by atoms with E-state index in [4.69, 9.17) is 9.84 Å². The predicted molar refractivity (Wildman–Crippen MR) is 75.6 cm³/mol. The van der Waals surface area contributed by atoms with Crippen LogP contribution < -0.4 is 10.6 Å². The largest absolute Gasteiger partial charge is 0.480 e. The number of hydrogen-bond donors (Lipinski definition) is 3. The van der Waals surface area contributed by atoms with Gasteiger partial charge in [0, 0.05) is 20.3 Å². The van der Waals surface area contributed by atoms with Gasteiger partial charge in [-0.2, -0.15) is 0 Å². The summed E-state index contributed by atoms with van der Waals surface area (Å²) in [5.41, 5.74) is 0.159. The lowest BCUT2D eigenvalue weighted by atomic mass is 9.89. The lowest BCUT2D eigenvalue weighted by Crippen LogP contribution is -2.48. The third kappa shape index (κ3) is 5.77. The first-order valence-corrected chi connectivity index (χ1v) is 7.23. The Morgan fingerprint density at radius 2 is 2.00 bits per heavy atom. The summed E-state index contributed by atoms with van der Waals surface area (Å²) in [6.45, 7) is 3.25. The molecule has 0 aromatic rings. The van der Waals surface area contributed by atoms with Gasteiger partial charge in [-0.3, -0.25) is 0 Å². The number of carboxylic acids is 1. The molecule has 1 saturated carbocycles. The Morgan fingerprint density at radius 3 is 2.55 bits per heavy atom. The van der Waals surface area contributed by atoms with Gasteiger partial charge in [-0.25, -0.2) is 9.59 Å². The molecule has 1 rings (SSSR count). The van der Waals surface area contributed by atoms with E-state index in [-0.39, 0.29) is 5.41 Å². The molecule has 0 aromatic carbocycles. The van der Waals surface area contributed by atoms with E-state index in [1.165, 1.54) is 12.8 Å². The van der Waals surface area contributed by atoms with Gasteiger partial charge in [0.15, 0.2) is 0 Å². The highest BCUT2D eigenvalue weighted by atomic mass is 16.5. The summed E-state index contributed by atoms with van der Waals surface area (Å²) in [6, 6.07) is -1.26. The molecular formula is C14H26N2O4. The van der Waals surface area contributed by atoms with Gasteiger partial charge in [0.25, 0.3) is 0 Å². The van der Waals surface area contributed by atoms with Crippen molar-refractivity contribution in [2.75, 3.05) is 20.3 Å². The van der Waals surface area contributed by atoms with Gasteiger partial charge in [-0.15, -0.1) is 0 Å². The fourth-order valence-corrected chi connectivity index (χ4v) is 2.60. The summed E-state index contributed by atoms with van der Waals surface area (Å²) in [7, 11) is 1.57. The van der Waals surface area contributed by atoms with Crippen LogP contribution in [0.5, 0.6) is 0 Å². The molecule has 0 bridgehead atoms. The average Bonchev–Trinajstić information content (AvgIpc) is 2.83. The first kappa shape index (κ1) is 16.8. The van der Waals surface area contributed by atoms with Crippen molar-refractivity contribution in [1.82, 2.24) is 10.6 Å². The molecule has 0 spiro atoms. The van der Waals surface area contributed by atoms with E-state index in [1.54, 1.807) is 7.11 Å². The number of carboxylic acid groups (broad SMARTS) is 1. The fourth-order valence-electron chi connectivity index (χ4n) is 2.60. The minimum Gasteiger partial charge on any atom is -0.480 e. The predicted octanol–water partition coefficient (Wildman–Crippen LogP) is 1.75. The summed E-state index contributed by atoms with van der Waals surface area (Å²) in [6.07, 6.45) is 5.61. The highest BCUT2D eigenvalue weighted by Crippen LogP contribution is 2.36. The van der Waals surface area contributed by atoms with Crippen LogP contribution in [0.2, 0.25) is 0 Å². The summed E-state index contributed by atoms with van der Waals surface area (Å²) >= 11 is 0. The van der Waals surface area contributed by atoms with Crippen molar-refractivity contribution in [2.24, 2.45) is 5.41 Å². The molecule has 1 fully saturated rings. The third-order valence-electron chi connectivity index (χ3n) is 3.93. The first-order chi connectivity index (χ1) is 9.47. The molecule has 2 amide bonds. The zero-order chi connectivity index (χ0) is 15.0. The summed E-state index contributed by atoms with van der Waals surface area (Å²) in [4.78, 5) is 22.8. The summed E-state index contributed by atoms with van der Waals surface area (Å²) < 4.78 is 4.88. The molecule has 116 valence electrons. The Kier molecular flexibility index (Phi) is 6.78. The molecule has 1 atom stereocenters. The molecule has 6 heteroatoms. The number of urea groups is 1. The quantitative estimate of drug-likeness (QED) is 0.593. The maximum absolute atomic E-state index is 11.8. The molecule has 20 heavy (non-hydrogen) atoms. The smallest absolute Gasteiger partial charge is 0.326 e. The molecule has 6 nitrogen and oxygen atoms in total. The van der Waals surface area contributed by atoms with Gasteiger partial charge >= 0.3 is 12.0 Å². The van der Waals surface area contributed by atoms with E-state index < -0.39 is 18.0 Å². The van der Waals surface area contributed by atoms with Crippen LogP contribution in [0.4, 0.5) is 4.79 Å². The van der Waals surface area contributed by atoms with Crippen LogP contribution in [0.25, 0.3) is 0 Å². The van der Waals surface area contributed by atoms with Gasteiger partial charge in [0.1, 0.15) is 6.04 Å². The van der Waals surface area contributed by atoms with E-state index in [2.05, 4.69) is 17.6 Å². The number of methoxy groups -OCH3 is 1. The fraction of sp³-hybridized carbons (Fsp3) is 0.857. The standard InChI is InChI=1S/C14H26N2O4/c1-14(7-3-4-8-14)10-15-13(19)16-11(12(17)18)6-5-9-20-2/h11H,3-10H2,1-2H3,(H,17,18)(H2,15,16,19). The molecule has 1 unspecified atom stereocenters. The second kappa shape index (κ2) is 8.09. The van der Waals surface area contributed by atoms with Crippen molar-refractivity contribution < 1.29 is 19.4 Å². The number of carbonyl (C=O) groups is 2. The molecule has 1 aliphatic rings. The SMILES string of the molecule is COCCCC(NC(=O)NCC1(C)CCCC1)C(=O)O. The lowest BCUT2D eigenvalue weighted by molar-refractivity contribution is -0.139. The number of ether oxygens (including phenoxy) is 1. The van der Waals surface area contributed by atoms with Gasteiger partial charge < -0.3 is 20.5 Å². The molecule has 0 aliphatic heterocycles. The molecule has 0 saturated heterocycles. The van der Waals surface area contributed by atoms with Crippen LogP contribution >= 0.6 is 0 Å². The average molecular weight is 286 g/mol. The van der Waals surface area contributed by atoms with E-state index in [9.17, 15) is 9.59 Å². The Morgan fingerprint density at radius 1 is 1.35 bits per heavy atom. The maximum atomic E-state index is 11.8. The van der Waals surface area contributed by atoms with Crippen LogP contribution in [0.15, 0.2) is 0 Å². The van der Waals surface area contributed by atoms with Gasteiger partial charge in [0.2, 0.25) is 0 Å². The molecular weight excluding hydrogens is 260 g/mol. The van der Waals surface area contributed by atoms with Crippen LogP contribution in [0.3, 0.4) is 0 Å². The minimum absolute atomic E-state index is 0.159. The Balaban J connectivity index is 2.31. The van der Waals surface area contributed by atoms with Crippen molar-refractivity contribution in [3.63, 3.8) is 0 Å². The Hall–Kier alpha value is -1.30. The van der Waals surface area contributed by atoms with E-state index in [0.717, 1.165) is 12.8 Å². The zero-order valence-corrected chi connectivity index (χ0v) is 12.4. The normalized spacial score (nSPS) is 18.5. The van der Waals surface area contributed by atoms with Crippen molar-refractivity contribution in [3.8, 4) is 0 Å². The van der Waals surface area contributed by atoms with Crippen molar-refractivity contribution in [3.05, 3.63) is 0 Å². The third-order valence-corrected chi connectivity index (χ3v) is 3.93. The van der Waals surface area contributed by atoms with Crippen LogP contribution in [0.1, 0.15) is 45.4 Å². The van der Waals surface area contributed by atoms with E-state index >= 15 is 0 Å². The van der Waals surface area contributed by atoms with Crippen molar-refractivity contribution in [1.29, 1.82) is 0 Å². The topological polar surface area (TPSA) is 87.7 Å². The van der Waals surface area contributed by atoms with Crippen LogP contribution in [0, 0.1) is 5.41 Å². The number of carbonyl (C=O) groups excluding carboxylic acids is 1. The second-order valence-electron chi connectivity index (χ2n) is 5.87. The number of aliphatic carboxylic acids is 1. The molecule has 0 heterocycles. The van der Waals surface area contributed by atoms with Gasteiger partial charge in [0.05, 0.1) is 0 Å². The second-order valence-corrected chi connectivity index (χ2v) is 5.87. The Bertz CT molecular complexity index is 327. The van der Waals surface area contributed by atoms with Crippen LogP contribution in [-0.4, -0.2) is 43.4 Å². The van der Waals surface area contributed by atoms with E-state index in [0.29, 0.717) is 26.0 Å². The lowest BCUT2D eigenvalue weighted by Gasteiger charge is -2.24. The van der Waals surface area contributed by atoms with Crippen LogP contribution in [-0.2, 0) is 9.53 Å². The number of nitrogens with one attached hydrogen (secondary N) is 2. The summed E-state index contributed by atoms with van der Waals surface area (Å²) in [5.74, 6) is -1.01. The monoisotopic (exact) mass is 286 g/mol. The first-order valence-electron chi connectivity index (χ1n) is 7.23. The van der Waals surface area contributed by atoms with Gasteiger partial charge in [-0.1, -0.05) is 19.8 Å². The number of amides is 2. The van der Waals surface area contributed by atoms with Crippen molar-refractivity contribution >= 4 is 12.0 Å². The number of hydrogen-bond acceptors (Lipinski definition) is 3. The molecule has 0 aromatic heterocycles. The van der Waals surface area contributed by atoms with E-state index in [1.807, 2.05) is 0 Å². The zero-order valence-electron chi connectivity index (χ0n) is 12.4. The van der Waals surface area contributed by atoms with Gasteiger partial charge in [-0.05, 0) is 31.1 Å². The minimum atomic E-state index is -1.01. The molecule has 1 aliphatic carbocycles. The summed E-state index contributed by atoms with van der Waals surface area (Å²) in [5, 5.41) is 14.4.